The van der Waals surface area contributed by atoms with Gasteiger partial charge in [-0.05, 0) is 60.4 Å². The summed E-state index contributed by atoms with van der Waals surface area (Å²) in [6.45, 7) is 4.51. The standard InChI is InChI=1S/C29H27N5O4/c1-17(2)34-15-21-12-19(7-11-25(21)32-34)18-4-8-22(9-5-18)29(27(36)30-28(37)31-29)16-33-14-20-6-10-23(38-3)13-24(20)26(33)35/h4-13,15,17H,14,16H2,1-3H3,(H2,30,31,36,37)/t29-/m0/s1. The molecule has 0 radical (unpaired) electrons. The minimum atomic E-state index is -1.40. The molecule has 1 aromatic heterocycles. The smallest absolute Gasteiger partial charge is 0.322 e. The average molecular weight is 510 g/mol. The number of rotatable bonds is 6. The van der Waals surface area contributed by atoms with Crippen LogP contribution >= 0.6 is 0 Å². The van der Waals surface area contributed by atoms with Crippen molar-refractivity contribution in [1.82, 2.24) is 25.3 Å². The minimum Gasteiger partial charge on any atom is -0.497 e. The molecule has 0 bridgehead atoms. The zero-order valence-electron chi connectivity index (χ0n) is 21.3. The number of benzene rings is 3. The maximum atomic E-state index is 13.2. The summed E-state index contributed by atoms with van der Waals surface area (Å²) in [7, 11) is 1.55. The number of nitrogens with zero attached hydrogens (tertiary/aromatic N) is 3. The van der Waals surface area contributed by atoms with E-state index >= 15 is 0 Å². The van der Waals surface area contributed by atoms with Crippen LogP contribution in [-0.2, 0) is 16.9 Å². The highest BCUT2D eigenvalue weighted by Gasteiger charge is 2.50. The number of methoxy groups -OCH3 is 1. The van der Waals surface area contributed by atoms with Gasteiger partial charge in [-0.15, -0.1) is 0 Å². The number of nitrogens with one attached hydrogen (secondary N) is 2. The summed E-state index contributed by atoms with van der Waals surface area (Å²) in [6, 6.07) is 18.7. The van der Waals surface area contributed by atoms with Crippen molar-refractivity contribution in [2.75, 3.05) is 13.7 Å². The van der Waals surface area contributed by atoms with Gasteiger partial charge in [0.2, 0.25) is 0 Å². The Morgan fingerprint density at radius 1 is 1.00 bits per heavy atom. The molecule has 0 unspecified atom stereocenters. The third-order valence-electron chi connectivity index (χ3n) is 7.33. The zero-order valence-corrected chi connectivity index (χ0v) is 21.3. The largest absolute Gasteiger partial charge is 0.497 e. The molecular weight excluding hydrogens is 482 g/mol. The lowest BCUT2D eigenvalue weighted by Gasteiger charge is -2.31. The number of amides is 4. The summed E-state index contributed by atoms with van der Waals surface area (Å²) in [6.07, 6.45) is 2.03. The number of fused-ring (bicyclic) bond motifs is 2. The molecule has 38 heavy (non-hydrogen) atoms. The van der Waals surface area contributed by atoms with E-state index in [1.807, 2.05) is 53.3 Å². The molecule has 6 rings (SSSR count). The number of hydrogen-bond donors (Lipinski definition) is 2. The van der Waals surface area contributed by atoms with Crippen molar-refractivity contribution in [2.24, 2.45) is 0 Å². The quantitative estimate of drug-likeness (QED) is 0.383. The van der Waals surface area contributed by atoms with Gasteiger partial charge in [-0.1, -0.05) is 36.4 Å². The van der Waals surface area contributed by atoms with Crippen LogP contribution in [0.2, 0.25) is 0 Å². The summed E-state index contributed by atoms with van der Waals surface area (Å²) in [4.78, 5) is 40.3. The maximum absolute atomic E-state index is 13.2. The average Bonchev–Trinajstić information content (AvgIpc) is 3.57. The molecule has 9 heteroatoms. The molecule has 4 amide bonds. The second-order valence-corrected chi connectivity index (χ2v) is 10.1. The van der Waals surface area contributed by atoms with Gasteiger partial charge in [-0.3, -0.25) is 19.6 Å². The number of aromatic nitrogens is 2. The lowest BCUT2D eigenvalue weighted by Crippen LogP contribution is -2.52. The van der Waals surface area contributed by atoms with Crippen LogP contribution in [0.15, 0.2) is 66.9 Å². The van der Waals surface area contributed by atoms with Crippen molar-refractivity contribution >= 4 is 28.7 Å². The topological polar surface area (TPSA) is 106 Å². The molecule has 0 spiro atoms. The van der Waals surface area contributed by atoms with E-state index in [0.717, 1.165) is 27.6 Å². The van der Waals surface area contributed by atoms with Crippen LogP contribution in [0.5, 0.6) is 5.75 Å². The van der Waals surface area contributed by atoms with Gasteiger partial charge in [0.05, 0.1) is 19.2 Å². The summed E-state index contributed by atoms with van der Waals surface area (Å²) < 4.78 is 7.20. The van der Waals surface area contributed by atoms with Crippen molar-refractivity contribution < 1.29 is 19.1 Å². The van der Waals surface area contributed by atoms with Crippen LogP contribution in [0.25, 0.3) is 22.0 Å². The number of urea groups is 1. The first-order valence-electron chi connectivity index (χ1n) is 12.5. The number of ether oxygens (including phenoxy) is 1. The highest BCUT2D eigenvalue weighted by atomic mass is 16.5. The van der Waals surface area contributed by atoms with E-state index in [1.165, 1.54) is 0 Å². The Bertz CT molecular complexity index is 1610. The molecule has 4 aromatic rings. The normalized spacial score (nSPS) is 18.7. The van der Waals surface area contributed by atoms with Gasteiger partial charge in [0, 0.05) is 29.7 Å². The summed E-state index contributed by atoms with van der Waals surface area (Å²) in [5.41, 5.74) is 3.49. The Morgan fingerprint density at radius 3 is 2.45 bits per heavy atom. The monoisotopic (exact) mass is 509 g/mol. The van der Waals surface area contributed by atoms with Gasteiger partial charge in [0.25, 0.3) is 11.8 Å². The first-order valence-corrected chi connectivity index (χ1v) is 12.5. The predicted molar refractivity (Wildman–Crippen MR) is 142 cm³/mol. The molecule has 1 saturated heterocycles. The summed E-state index contributed by atoms with van der Waals surface area (Å²) >= 11 is 0. The van der Waals surface area contributed by atoms with E-state index in [1.54, 1.807) is 24.1 Å². The molecule has 2 aliphatic rings. The van der Waals surface area contributed by atoms with Crippen LogP contribution in [0, 0.1) is 0 Å². The van der Waals surface area contributed by atoms with E-state index in [0.29, 0.717) is 23.4 Å². The molecule has 2 N–H and O–H groups in total. The molecule has 3 aromatic carbocycles. The molecule has 1 atom stereocenters. The third-order valence-corrected chi connectivity index (χ3v) is 7.33. The van der Waals surface area contributed by atoms with Gasteiger partial charge in [0.1, 0.15) is 5.75 Å². The van der Waals surface area contributed by atoms with Crippen molar-refractivity contribution in [3.63, 3.8) is 0 Å². The Balaban J connectivity index is 1.31. The molecule has 0 saturated carbocycles. The predicted octanol–water partition coefficient (Wildman–Crippen LogP) is 3.98. The van der Waals surface area contributed by atoms with E-state index in [2.05, 4.69) is 35.6 Å². The number of carbonyl (C=O) groups excluding carboxylic acids is 3. The molecule has 1 fully saturated rings. The molecule has 0 aliphatic carbocycles. The van der Waals surface area contributed by atoms with Crippen LogP contribution < -0.4 is 15.4 Å². The van der Waals surface area contributed by atoms with E-state index in [4.69, 9.17) is 4.74 Å². The lowest BCUT2D eigenvalue weighted by molar-refractivity contribution is -0.124. The Hall–Kier alpha value is -4.66. The van der Waals surface area contributed by atoms with E-state index < -0.39 is 17.5 Å². The van der Waals surface area contributed by atoms with Crippen LogP contribution in [0.3, 0.4) is 0 Å². The Kier molecular flexibility index (Phi) is 5.45. The second-order valence-electron chi connectivity index (χ2n) is 10.1. The van der Waals surface area contributed by atoms with Crippen molar-refractivity contribution in [2.45, 2.75) is 32.0 Å². The molecule has 3 heterocycles. The van der Waals surface area contributed by atoms with Crippen LogP contribution in [0.1, 0.15) is 41.4 Å². The van der Waals surface area contributed by atoms with Gasteiger partial charge in [-0.2, -0.15) is 5.10 Å². The Labute approximate surface area is 219 Å². The minimum absolute atomic E-state index is 0.0000942. The van der Waals surface area contributed by atoms with Gasteiger partial charge in [-0.25, -0.2) is 4.79 Å². The van der Waals surface area contributed by atoms with Crippen molar-refractivity contribution in [1.29, 1.82) is 0 Å². The molecule has 192 valence electrons. The molecule has 9 nitrogen and oxygen atoms in total. The first kappa shape index (κ1) is 23.7. The SMILES string of the molecule is COc1ccc2c(c1)C(=O)N(C[C@@]1(c3ccc(-c4ccc5nn(C(C)C)cc5c4)cc3)NC(=O)NC1=O)C2. The molecular formula is C29H27N5O4. The third kappa shape index (κ3) is 3.78. The highest BCUT2D eigenvalue weighted by molar-refractivity contribution is 6.08. The maximum Gasteiger partial charge on any atom is 0.322 e. The van der Waals surface area contributed by atoms with E-state index in [-0.39, 0.29) is 18.5 Å². The first-order chi connectivity index (χ1) is 18.3. The lowest BCUT2D eigenvalue weighted by atomic mass is 9.88. The van der Waals surface area contributed by atoms with Crippen LogP contribution in [0.4, 0.5) is 4.79 Å². The van der Waals surface area contributed by atoms with Crippen LogP contribution in [-0.4, -0.2) is 46.2 Å². The summed E-state index contributed by atoms with van der Waals surface area (Å²) in [5.74, 6) is -0.107. The van der Waals surface area contributed by atoms with Gasteiger partial charge < -0.3 is 15.0 Å². The zero-order chi connectivity index (χ0) is 26.6. The van der Waals surface area contributed by atoms with Gasteiger partial charge in [0.15, 0.2) is 5.54 Å². The fourth-order valence-corrected chi connectivity index (χ4v) is 5.21. The molecule has 2 aliphatic heterocycles. The van der Waals surface area contributed by atoms with Gasteiger partial charge >= 0.3 is 6.03 Å². The number of hydrogen-bond acceptors (Lipinski definition) is 5. The van der Waals surface area contributed by atoms with E-state index in [9.17, 15) is 14.4 Å². The van der Waals surface area contributed by atoms with Crippen molar-refractivity contribution in [3.05, 3.63) is 83.6 Å². The highest BCUT2D eigenvalue weighted by Crippen LogP contribution is 2.34. The number of carbonyl (C=O) groups is 3. The number of imide groups is 1. The fraction of sp³-hybridized carbons (Fsp3) is 0.241. The summed E-state index contributed by atoms with van der Waals surface area (Å²) in [5, 5.41) is 10.8. The van der Waals surface area contributed by atoms with Crippen molar-refractivity contribution in [3.8, 4) is 16.9 Å². The second kappa shape index (κ2) is 8.72. The Morgan fingerprint density at radius 2 is 1.76 bits per heavy atom. The fourth-order valence-electron chi connectivity index (χ4n) is 5.21.